The van der Waals surface area contributed by atoms with Gasteiger partial charge in [-0.05, 0) is 30.4 Å². The van der Waals surface area contributed by atoms with E-state index in [9.17, 15) is 4.79 Å². The number of hydrogen-bond acceptors (Lipinski definition) is 3. The molecule has 0 atom stereocenters. The summed E-state index contributed by atoms with van der Waals surface area (Å²) in [6.45, 7) is 7.93. The van der Waals surface area contributed by atoms with Crippen LogP contribution >= 0.6 is 0 Å². The summed E-state index contributed by atoms with van der Waals surface area (Å²) in [5.41, 5.74) is 1.73. The van der Waals surface area contributed by atoms with Gasteiger partial charge in [-0.15, -0.1) is 0 Å². The van der Waals surface area contributed by atoms with E-state index >= 15 is 0 Å². The monoisotopic (exact) mass is 278 g/mol. The van der Waals surface area contributed by atoms with Crippen LogP contribution in [0.4, 0.5) is 0 Å². The van der Waals surface area contributed by atoms with E-state index in [1.54, 1.807) is 0 Å². The Kier molecular flexibility index (Phi) is 7.97. The molecule has 0 saturated carbocycles. The third-order valence-electron chi connectivity index (χ3n) is 3.06. The Balaban J connectivity index is 2.32. The average molecular weight is 278 g/mol. The molecule has 0 bridgehead atoms. The van der Waals surface area contributed by atoms with Crippen molar-refractivity contribution in [1.82, 2.24) is 0 Å². The van der Waals surface area contributed by atoms with E-state index in [2.05, 4.69) is 20.8 Å². The average Bonchev–Trinajstić information content (AvgIpc) is 2.43. The predicted octanol–water partition coefficient (Wildman–Crippen LogP) is 3.86. The van der Waals surface area contributed by atoms with Gasteiger partial charge < -0.3 is 9.47 Å². The summed E-state index contributed by atoms with van der Waals surface area (Å²) in [6.07, 6.45) is 2.95. The zero-order chi connectivity index (χ0) is 14.8. The van der Waals surface area contributed by atoms with Crippen molar-refractivity contribution < 1.29 is 14.3 Å². The maximum atomic E-state index is 12.0. The van der Waals surface area contributed by atoms with E-state index in [4.69, 9.17) is 9.47 Å². The highest BCUT2D eigenvalue weighted by Gasteiger charge is 2.11. The van der Waals surface area contributed by atoms with Gasteiger partial charge in [-0.2, -0.15) is 0 Å². The Labute approximate surface area is 122 Å². The number of rotatable bonds is 9. The highest BCUT2D eigenvalue weighted by molar-refractivity contribution is 5.91. The number of hydrogen-bond donors (Lipinski definition) is 0. The number of carbonyl (C=O) groups excluding carboxylic acids is 1. The molecule has 0 spiro atoms. The van der Waals surface area contributed by atoms with E-state index in [1.165, 1.54) is 0 Å². The first-order valence-corrected chi connectivity index (χ1v) is 7.48. The van der Waals surface area contributed by atoms with Crippen LogP contribution in [0.5, 0.6) is 0 Å². The molecule has 0 unspecified atom stereocenters. The van der Waals surface area contributed by atoms with Crippen molar-refractivity contribution >= 4 is 5.97 Å². The predicted molar refractivity (Wildman–Crippen MR) is 81.0 cm³/mol. The lowest BCUT2D eigenvalue weighted by atomic mass is 10.0. The molecule has 1 rings (SSSR count). The van der Waals surface area contributed by atoms with E-state index < -0.39 is 0 Å². The van der Waals surface area contributed by atoms with Crippen LogP contribution in [0.15, 0.2) is 24.3 Å². The smallest absolute Gasteiger partial charge is 0.338 e. The zero-order valence-electron chi connectivity index (χ0n) is 12.9. The molecule has 3 heteroatoms. The van der Waals surface area contributed by atoms with Gasteiger partial charge in [0, 0.05) is 6.61 Å². The fourth-order valence-corrected chi connectivity index (χ4v) is 1.90. The highest BCUT2D eigenvalue weighted by atomic mass is 16.6. The van der Waals surface area contributed by atoms with E-state index in [0.717, 1.165) is 31.4 Å². The molecule has 1 aromatic rings. The topological polar surface area (TPSA) is 35.5 Å². The summed E-state index contributed by atoms with van der Waals surface area (Å²) in [5, 5.41) is 0. The van der Waals surface area contributed by atoms with Gasteiger partial charge in [0.1, 0.15) is 6.61 Å². The minimum atomic E-state index is -0.249. The molecule has 0 aliphatic carbocycles. The second kappa shape index (κ2) is 9.54. The maximum absolute atomic E-state index is 12.0. The number of aryl methyl sites for hydroxylation is 1. The third kappa shape index (κ3) is 6.20. The first-order chi connectivity index (χ1) is 9.65. The summed E-state index contributed by atoms with van der Waals surface area (Å²) in [7, 11) is 0. The third-order valence-corrected chi connectivity index (χ3v) is 3.06. The first kappa shape index (κ1) is 16.7. The van der Waals surface area contributed by atoms with Crippen molar-refractivity contribution in [3.8, 4) is 0 Å². The Hall–Kier alpha value is -1.35. The maximum Gasteiger partial charge on any atom is 0.338 e. The number of ether oxygens (including phenoxy) is 2. The zero-order valence-corrected chi connectivity index (χ0v) is 12.9. The largest absolute Gasteiger partial charge is 0.460 e. The van der Waals surface area contributed by atoms with E-state index in [-0.39, 0.29) is 5.97 Å². The molecule has 0 saturated heterocycles. The van der Waals surface area contributed by atoms with Crippen LogP contribution in [0.1, 0.15) is 49.5 Å². The molecule has 112 valence electrons. The number of esters is 1. The molecular formula is C17H26O3. The lowest BCUT2D eigenvalue weighted by molar-refractivity contribution is 0.0302. The quantitative estimate of drug-likeness (QED) is 0.508. The summed E-state index contributed by atoms with van der Waals surface area (Å²) < 4.78 is 10.7. The van der Waals surface area contributed by atoms with Crippen LogP contribution in [-0.4, -0.2) is 25.8 Å². The van der Waals surface area contributed by atoms with E-state index in [1.807, 2.05) is 24.3 Å². The van der Waals surface area contributed by atoms with Crippen molar-refractivity contribution in [1.29, 1.82) is 0 Å². The minimum Gasteiger partial charge on any atom is -0.460 e. The number of carbonyl (C=O) groups is 1. The molecule has 0 N–H and O–H groups in total. The van der Waals surface area contributed by atoms with Crippen LogP contribution in [0, 0.1) is 5.92 Å². The molecule has 0 fully saturated rings. The standard InChI is InChI=1S/C17H26O3/c1-4-7-15-8-5-6-9-16(15)17(18)20-13-12-19-11-10-14(2)3/h5-6,8-9,14H,4,7,10-13H2,1-3H3. The molecule has 0 amide bonds. The van der Waals surface area contributed by atoms with E-state index in [0.29, 0.717) is 24.7 Å². The Bertz CT molecular complexity index is 399. The number of benzene rings is 1. The fraction of sp³-hybridized carbons (Fsp3) is 0.588. The summed E-state index contributed by atoms with van der Waals surface area (Å²) in [5.74, 6) is 0.389. The lowest BCUT2D eigenvalue weighted by Crippen LogP contribution is -2.13. The van der Waals surface area contributed by atoms with Crippen molar-refractivity contribution in [2.75, 3.05) is 19.8 Å². The molecule has 0 aliphatic heterocycles. The molecule has 1 aromatic carbocycles. The van der Waals surface area contributed by atoms with Gasteiger partial charge in [-0.25, -0.2) is 4.79 Å². The molecule has 3 nitrogen and oxygen atoms in total. The molecular weight excluding hydrogens is 252 g/mol. The second-order valence-electron chi connectivity index (χ2n) is 5.34. The van der Waals surface area contributed by atoms with Crippen LogP contribution < -0.4 is 0 Å². The summed E-state index contributed by atoms with van der Waals surface area (Å²) in [6, 6.07) is 7.64. The molecule has 20 heavy (non-hydrogen) atoms. The van der Waals surface area contributed by atoms with Gasteiger partial charge in [0.05, 0.1) is 12.2 Å². The van der Waals surface area contributed by atoms with Gasteiger partial charge in [-0.3, -0.25) is 0 Å². The second-order valence-corrected chi connectivity index (χ2v) is 5.34. The molecule has 0 aliphatic rings. The van der Waals surface area contributed by atoms with Crippen LogP contribution in [0.3, 0.4) is 0 Å². The Morgan fingerprint density at radius 2 is 1.90 bits per heavy atom. The van der Waals surface area contributed by atoms with Crippen LogP contribution in [-0.2, 0) is 15.9 Å². The highest BCUT2D eigenvalue weighted by Crippen LogP contribution is 2.12. The minimum absolute atomic E-state index is 0.249. The molecule has 0 heterocycles. The molecule has 0 radical (unpaired) electrons. The SMILES string of the molecule is CCCc1ccccc1C(=O)OCCOCCC(C)C. The Morgan fingerprint density at radius 3 is 2.60 bits per heavy atom. The normalized spacial score (nSPS) is 10.8. The van der Waals surface area contributed by atoms with Crippen molar-refractivity contribution in [3.63, 3.8) is 0 Å². The van der Waals surface area contributed by atoms with Gasteiger partial charge in [0.15, 0.2) is 0 Å². The van der Waals surface area contributed by atoms with Crippen LogP contribution in [0.2, 0.25) is 0 Å². The van der Waals surface area contributed by atoms with Gasteiger partial charge in [0.2, 0.25) is 0 Å². The van der Waals surface area contributed by atoms with Crippen molar-refractivity contribution in [2.24, 2.45) is 5.92 Å². The molecule has 0 aromatic heterocycles. The van der Waals surface area contributed by atoms with Gasteiger partial charge in [0.25, 0.3) is 0 Å². The first-order valence-electron chi connectivity index (χ1n) is 7.48. The van der Waals surface area contributed by atoms with Gasteiger partial charge in [-0.1, -0.05) is 45.4 Å². The Morgan fingerprint density at radius 1 is 1.15 bits per heavy atom. The summed E-state index contributed by atoms with van der Waals surface area (Å²) >= 11 is 0. The summed E-state index contributed by atoms with van der Waals surface area (Å²) in [4.78, 5) is 12.0. The van der Waals surface area contributed by atoms with Crippen molar-refractivity contribution in [3.05, 3.63) is 35.4 Å². The fourth-order valence-electron chi connectivity index (χ4n) is 1.90. The lowest BCUT2D eigenvalue weighted by Gasteiger charge is -2.10. The van der Waals surface area contributed by atoms with Crippen molar-refractivity contribution in [2.45, 2.75) is 40.0 Å². The van der Waals surface area contributed by atoms with Crippen LogP contribution in [0.25, 0.3) is 0 Å². The van der Waals surface area contributed by atoms with Gasteiger partial charge >= 0.3 is 5.97 Å².